The van der Waals surface area contributed by atoms with Gasteiger partial charge in [-0.25, -0.2) is 4.98 Å². The summed E-state index contributed by atoms with van der Waals surface area (Å²) in [5.74, 6) is 0.864. The summed E-state index contributed by atoms with van der Waals surface area (Å²) in [6.45, 7) is 5.50. The van der Waals surface area contributed by atoms with Crippen LogP contribution in [0, 0.1) is 13.8 Å². The van der Waals surface area contributed by atoms with Gasteiger partial charge >= 0.3 is 0 Å². The van der Waals surface area contributed by atoms with Crippen LogP contribution >= 0.6 is 0 Å². The van der Waals surface area contributed by atoms with Crippen LogP contribution in [0.15, 0.2) is 4.42 Å². The third-order valence-electron chi connectivity index (χ3n) is 3.27. The van der Waals surface area contributed by atoms with Gasteiger partial charge in [-0.05, 0) is 32.9 Å². The molecule has 1 amide bonds. The zero-order valence-corrected chi connectivity index (χ0v) is 10.6. The molecule has 2 rings (SSSR count). The van der Waals surface area contributed by atoms with Crippen LogP contribution < -0.4 is 5.32 Å². The first-order valence-electron chi connectivity index (χ1n) is 6.01. The first kappa shape index (κ1) is 12.1. The third kappa shape index (κ3) is 2.49. The van der Waals surface area contributed by atoms with E-state index in [1.807, 2.05) is 7.05 Å². The fourth-order valence-corrected chi connectivity index (χ4v) is 2.25. The van der Waals surface area contributed by atoms with Crippen molar-refractivity contribution in [3.63, 3.8) is 0 Å². The second kappa shape index (κ2) is 4.87. The molecule has 94 valence electrons. The number of amides is 1. The van der Waals surface area contributed by atoms with Crippen molar-refractivity contribution < 1.29 is 9.21 Å². The van der Waals surface area contributed by atoms with Gasteiger partial charge in [-0.15, -0.1) is 0 Å². The van der Waals surface area contributed by atoms with Gasteiger partial charge in [0.2, 0.25) is 5.76 Å². The molecular weight excluding hydrogens is 218 g/mol. The Morgan fingerprint density at radius 1 is 1.41 bits per heavy atom. The molecule has 0 bridgehead atoms. The number of aryl methyl sites for hydroxylation is 2. The Morgan fingerprint density at radius 3 is 2.59 bits per heavy atom. The molecule has 5 nitrogen and oxygen atoms in total. The summed E-state index contributed by atoms with van der Waals surface area (Å²) < 4.78 is 5.37. The van der Waals surface area contributed by atoms with E-state index in [1.54, 1.807) is 18.7 Å². The summed E-state index contributed by atoms with van der Waals surface area (Å²) in [6, 6.07) is 0.300. The van der Waals surface area contributed by atoms with Gasteiger partial charge in [0.15, 0.2) is 5.89 Å². The number of hydrogen-bond acceptors (Lipinski definition) is 4. The highest BCUT2D eigenvalue weighted by atomic mass is 16.4. The van der Waals surface area contributed by atoms with Crippen molar-refractivity contribution in [3.8, 4) is 0 Å². The number of rotatable bonds is 2. The summed E-state index contributed by atoms with van der Waals surface area (Å²) >= 11 is 0. The highest BCUT2D eigenvalue weighted by Gasteiger charge is 2.26. The predicted molar refractivity (Wildman–Crippen MR) is 64.0 cm³/mol. The maximum absolute atomic E-state index is 12.2. The van der Waals surface area contributed by atoms with Crippen LogP contribution in [-0.4, -0.2) is 42.0 Å². The molecule has 1 aromatic rings. The maximum atomic E-state index is 12.2. The van der Waals surface area contributed by atoms with Crippen LogP contribution in [0.3, 0.4) is 0 Å². The van der Waals surface area contributed by atoms with Crippen molar-refractivity contribution in [3.05, 3.63) is 17.3 Å². The molecule has 0 spiro atoms. The Bertz CT molecular complexity index is 408. The molecule has 1 aliphatic heterocycles. The van der Waals surface area contributed by atoms with E-state index in [0.717, 1.165) is 25.9 Å². The summed E-state index contributed by atoms with van der Waals surface area (Å²) in [7, 11) is 1.84. The van der Waals surface area contributed by atoms with Gasteiger partial charge in [0.1, 0.15) is 0 Å². The van der Waals surface area contributed by atoms with Crippen LogP contribution in [0.5, 0.6) is 0 Å². The second-order valence-corrected chi connectivity index (χ2v) is 4.54. The van der Waals surface area contributed by atoms with Crippen LogP contribution in [0.4, 0.5) is 0 Å². The zero-order valence-electron chi connectivity index (χ0n) is 10.6. The molecule has 1 N–H and O–H groups in total. The van der Waals surface area contributed by atoms with Crippen molar-refractivity contribution >= 4 is 5.91 Å². The number of hydrogen-bond donors (Lipinski definition) is 1. The van der Waals surface area contributed by atoms with Gasteiger partial charge in [0.25, 0.3) is 5.91 Å². The normalized spacial score (nSPS) is 17.1. The smallest absolute Gasteiger partial charge is 0.291 e. The monoisotopic (exact) mass is 237 g/mol. The van der Waals surface area contributed by atoms with Gasteiger partial charge < -0.3 is 14.6 Å². The van der Waals surface area contributed by atoms with Crippen LogP contribution in [-0.2, 0) is 0 Å². The SMILES string of the molecule is Cc1nc(C)c(C(=O)N(C)C2CCNCC2)o1. The highest BCUT2D eigenvalue weighted by molar-refractivity contribution is 5.92. The zero-order chi connectivity index (χ0) is 12.4. The van der Waals surface area contributed by atoms with E-state index < -0.39 is 0 Å². The Kier molecular flexibility index (Phi) is 3.47. The lowest BCUT2D eigenvalue weighted by molar-refractivity contribution is 0.0668. The standard InChI is InChI=1S/C12H19N3O2/c1-8-11(17-9(2)14-8)12(16)15(3)10-4-6-13-7-5-10/h10,13H,4-7H2,1-3H3. The van der Waals surface area contributed by atoms with Crippen LogP contribution in [0.1, 0.15) is 35.0 Å². The largest absolute Gasteiger partial charge is 0.436 e. The minimum Gasteiger partial charge on any atom is -0.436 e. The van der Waals surface area contributed by atoms with E-state index >= 15 is 0 Å². The fraction of sp³-hybridized carbons (Fsp3) is 0.667. The van der Waals surface area contributed by atoms with E-state index in [1.165, 1.54) is 0 Å². The lowest BCUT2D eigenvalue weighted by Gasteiger charge is -2.31. The van der Waals surface area contributed by atoms with Gasteiger partial charge in [-0.3, -0.25) is 4.79 Å². The summed E-state index contributed by atoms with van der Waals surface area (Å²) in [6.07, 6.45) is 1.99. The predicted octanol–water partition coefficient (Wildman–Crippen LogP) is 1.12. The molecule has 0 aromatic carbocycles. The average molecular weight is 237 g/mol. The number of carbonyl (C=O) groups excluding carboxylic acids is 1. The number of nitrogens with zero attached hydrogens (tertiary/aromatic N) is 2. The molecule has 2 heterocycles. The fourth-order valence-electron chi connectivity index (χ4n) is 2.25. The minimum absolute atomic E-state index is 0.0602. The molecule has 17 heavy (non-hydrogen) atoms. The lowest BCUT2D eigenvalue weighted by atomic mass is 10.1. The van der Waals surface area contributed by atoms with E-state index in [0.29, 0.717) is 23.4 Å². The molecule has 0 aliphatic carbocycles. The van der Waals surface area contributed by atoms with E-state index in [2.05, 4.69) is 10.3 Å². The Morgan fingerprint density at radius 2 is 2.06 bits per heavy atom. The summed E-state index contributed by atoms with van der Waals surface area (Å²) in [5, 5.41) is 3.29. The van der Waals surface area contributed by atoms with Crippen molar-refractivity contribution in [2.24, 2.45) is 0 Å². The Balaban J connectivity index is 2.11. The third-order valence-corrected chi connectivity index (χ3v) is 3.27. The first-order chi connectivity index (χ1) is 8.09. The molecule has 1 fully saturated rings. The van der Waals surface area contributed by atoms with Crippen molar-refractivity contribution in [2.75, 3.05) is 20.1 Å². The molecule has 5 heteroatoms. The van der Waals surface area contributed by atoms with Crippen molar-refractivity contribution in [1.29, 1.82) is 0 Å². The number of piperidine rings is 1. The van der Waals surface area contributed by atoms with Crippen LogP contribution in [0.2, 0.25) is 0 Å². The van der Waals surface area contributed by atoms with Gasteiger partial charge in [-0.1, -0.05) is 0 Å². The second-order valence-electron chi connectivity index (χ2n) is 4.54. The first-order valence-corrected chi connectivity index (χ1v) is 6.01. The molecule has 1 aliphatic rings. The minimum atomic E-state index is -0.0602. The molecule has 1 saturated heterocycles. The molecule has 0 atom stereocenters. The number of nitrogens with one attached hydrogen (secondary N) is 1. The Hall–Kier alpha value is -1.36. The molecule has 0 radical (unpaired) electrons. The number of oxazole rings is 1. The number of aromatic nitrogens is 1. The van der Waals surface area contributed by atoms with E-state index in [-0.39, 0.29) is 5.91 Å². The summed E-state index contributed by atoms with van der Waals surface area (Å²) in [4.78, 5) is 18.2. The summed E-state index contributed by atoms with van der Waals surface area (Å²) in [5.41, 5.74) is 0.674. The highest BCUT2D eigenvalue weighted by Crippen LogP contribution is 2.16. The van der Waals surface area contributed by atoms with E-state index in [9.17, 15) is 4.79 Å². The van der Waals surface area contributed by atoms with Gasteiger partial charge in [0, 0.05) is 20.0 Å². The molecular formula is C12H19N3O2. The van der Waals surface area contributed by atoms with E-state index in [4.69, 9.17) is 4.42 Å². The molecule has 0 unspecified atom stereocenters. The lowest BCUT2D eigenvalue weighted by Crippen LogP contribution is -2.44. The van der Waals surface area contributed by atoms with Gasteiger partial charge in [-0.2, -0.15) is 0 Å². The topological polar surface area (TPSA) is 58.4 Å². The Labute approximate surface area is 101 Å². The van der Waals surface area contributed by atoms with Gasteiger partial charge in [0.05, 0.1) is 5.69 Å². The molecule has 0 saturated carbocycles. The number of carbonyl (C=O) groups is 1. The van der Waals surface area contributed by atoms with Crippen LogP contribution in [0.25, 0.3) is 0 Å². The van der Waals surface area contributed by atoms with Crippen molar-refractivity contribution in [1.82, 2.24) is 15.2 Å². The maximum Gasteiger partial charge on any atom is 0.291 e. The average Bonchev–Trinajstić information content (AvgIpc) is 2.68. The molecule has 1 aromatic heterocycles. The van der Waals surface area contributed by atoms with Crippen molar-refractivity contribution in [2.45, 2.75) is 32.7 Å². The quantitative estimate of drug-likeness (QED) is 0.837.